The van der Waals surface area contributed by atoms with Gasteiger partial charge in [-0.05, 0) is 12.3 Å². The van der Waals surface area contributed by atoms with Crippen molar-refractivity contribution in [3.63, 3.8) is 0 Å². The smallest absolute Gasteiger partial charge is 0.348 e. The van der Waals surface area contributed by atoms with Crippen LogP contribution in [-0.4, -0.2) is 96.8 Å². The third-order valence-corrected chi connectivity index (χ3v) is 7.03. The van der Waals surface area contributed by atoms with Crippen molar-refractivity contribution in [3.8, 4) is 0 Å². The van der Waals surface area contributed by atoms with E-state index >= 15 is 0 Å². The highest BCUT2D eigenvalue weighted by atomic mass is 32.2. The first-order valence-electron chi connectivity index (χ1n) is 9.03. The molecule has 2 rings (SSSR count). The number of hydrogen-bond donors (Lipinski definition) is 2. The number of aliphatic carboxylic acids is 1. The molecule has 0 radical (unpaired) electrons. The molecule has 2 aliphatic heterocycles. The molecule has 28 heavy (non-hydrogen) atoms. The van der Waals surface area contributed by atoms with Crippen LogP contribution < -0.4 is 5.73 Å². The van der Waals surface area contributed by atoms with Crippen molar-refractivity contribution in [2.75, 3.05) is 40.3 Å². The second-order valence-corrected chi connectivity index (χ2v) is 9.84. The molecule has 2 unspecified atom stereocenters. The topological polar surface area (TPSA) is 154 Å². The third kappa shape index (κ3) is 4.00. The van der Waals surface area contributed by atoms with Crippen molar-refractivity contribution in [1.82, 2.24) is 13.5 Å². The Balaban J connectivity index is 2.14. The number of epoxide rings is 1. The van der Waals surface area contributed by atoms with Crippen molar-refractivity contribution in [2.24, 2.45) is 17.6 Å². The molecule has 0 aromatic heterocycles. The molecule has 2 heterocycles. The van der Waals surface area contributed by atoms with Gasteiger partial charge in [0.2, 0.25) is 5.91 Å². The highest BCUT2D eigenvalue weighted by molar-refractivity contribution is 7.86. The van der Waals surface area contributed by atoms with Crippen molar-refractivity contribution < 1.29 is 32.6 Å². The van der Waals surface area contributed by atoms with Crippen LogP contribution in [0.2, 0.25) is 0 Å². The lowest BCUT2D eigenvalue weighted by Crippen LogP contribution is -2.55. The zero-order valence-corrected chi connectivity index (χ0v) is 17.3. The number of ether oxygens (including phenoxy) is 1. The van der Waals surface area contributed by atoms with E-state index in [9.17, 15) is 27.9 Å². The summed E-state index contributed by atoms with van der Waals surface area (Å²) in [6, 6.07) is 0. The first-order chi connectivity index (χ1) is 12.9. The monoisotopic (exact) mass is 420 g/mol. The summed E-state index contributed by atoms with van der Waals surface area (Å²) in [6.45, 7) is 4.35. The number of piperazine rings is 1. The van der Waals surface area contributed by atoms with Crippen LogP contribution in [0.1, 0.15) is 20.3 Å². The van der Waals surface area contributed by atoms with Crippen LogP contribution in [0.3, 0.4) is 0 Å². The minimum absolute atomic E-state index is 0.0490. The Bertz CT molecular complexity index is 730. The van der Waals surface area contributed by atoms with Crippen LogP contribution in [0.5, 0.6) is 0 Å². The van der Waals surface area contributed by atoms with Gasteiger partial charge in [0, 0.05) is 40.3 Å². The average Bonchev–Trinajstić information content (AvgIpc) is 3.36. The molecule has 2 amide bonds. The molecule has 11 nitrogen and oxygen atoms in total. The SMILES string of the molecule is CC(C)C[C@H](C(=O)N1CCN(S(=O)(=O)N(C)C)CC1)C1OC1(C(N)=O)C(=O)O. The Hall–Kier alpha value is -1.76. The minimum Gasteiger partial charge on any atom is -0.479 e. The highest BCUT2D eigenvalue weighted by Crippen LogP contribution is 2.44. The molecular formula is C16H28N4O7S. The van der Waals surface area contributed by atoms with Gasteiger partial charge in [-0.3, -0.25) is 9.59 Å². The molecule has 3 atom stereocenters. The van der Waals surface area contributed by atoms with Crippen LogP contribution in [-0.2, 0) is 29.3 Å². The van der Waals surface area contributed by atoms with Crippen LogP contribution in [0.4, 0.5) is 0 Å². The molecule has 0 bridgehead atoms. The number of hydrogen-bond acceptors (Lipinski definition) is 6. The largest absolute Gasteiger partial charge is 0.479 e. The Labute approximate surface area is 164 Å². The Morgan fingerprint density at radius 2 is 1.75 bits per heavy atom. The van der Waals surface area contributed by atoms with Gasteiger partial charge in [0.25, 0.3) is 21.7 Å². The summed E-state index contributed by atoms with van der Waals surface area (Å²) in [5, 5.41) is 9.37. The number of carboxylic acids is 1. The van der Waals surface area contributed by atoms with E-state index in [1.165, 1.54) is 23.3 Å². The number of rotatable bonds is 8. The first kappa shape index (κ1) is 22.5. The van der Waals surface area contributed by atoms with E-state index in [1.54, 1.807) is 0 Å². The summed E-state index contributed by atoms with van der Waals surface area (Å²) in [5.74, 6) is -3.79. The van der Waals surface area contributed by atoms with Gasteiger partial charge in [-0.25, -0.2) is 4.79 Å². The predicted octanol–water partition coefficient (Wildman–Crippen LogP) is -1.69. The van der Waals surface area contributed by atoms with Gasteiger partial charge in [-0.2, -0.15) is 17.0 Å². The fourth-order valence-corrected chi connectivity index (χ4v) is 4.56. The fourth-order valence-electron chi connectivity index (χ4n) is 3.47. The second kappa shape index (κ2) is 7.93. The predicted molar refractivity (Wildman–Crippen MR) is 98.1 cm³/mol. The maximum atomic E-state index is 13.1. The van der Waals surface area contributed by atoms with Crippen LogP contribution in [0.25, 0.3) is 0 Å². The number of carboxylic acid groups (broad SMARTS) is 1. The molecule has 0 spiro atoms. The van der Waals surface area contributed by atoms with E-state index in [-0.39, 0.29) is 38.0 Å². The molecule has 12 heteroatoms. The lowest BCUT2D eigenvalue weighted by Gasteiger charge is -2.36. The molecule has 2 fully saturated rings. The van der Waals surface area contributed by atoms with Gasteiger partial charge in [-0.1, -0.05) is 13.8 Å². The molecule has 160 valence electrons. The summed E-state index contributed by atoms with van der Waals surface area (Å²) in [6.07, 6.45) is -0.803. The molecular weight excluding hydrogens is 392 g/mol. The quantitative estimate of drug-likeness (QED) is 0.351. The van der Waals surface area contributed by atoms with Crippen LogP contribution in [0, 0.1) is 11.8 Å². The van der Waals surface area contributed by atoms with E-state index in [1.807, 2.05) is 13.8 Å². The lowest BCUT2D eigenvalue weighted by molar-refractivity contribution is -0.147. The molecule has 2 aliphatic rings. The summed E-state index contributed by atoms with van der Waals surface area (Å²) in [7, 11) is -0.697. The van der Waals surface area contributed by atoms with E-state index in [0.29, 0.717) is 6.42 Å². The molecule has 0 aliphatic carbocycles. The summed E-state index contributed by atoms with van der Waals surface area (Å²) in [5.41, 5.74) is 3.04. The average molecular weight is 420 g/mol. The van der Waals surface area contributed by atoms with E-state index in [0.717, 1.165) is 4.31 Å². The molecule has 0 saturated carbocycles. The third-order valence-electron chi connectivity index (χ3n) is 5.09. The molecule has 0 aromatic rings. The Morgan fingerprint density at radius 1 is 1.21 bits per heavy atom. The number of nitrogens with zero attached hydrogens (tertiary/aromatic N) is 3. The molecule has 2 saturated heterocycles. The number of carbonyl (C=O) groups is 3. The summed E-state index contributed by atoms with van der Waals surface area (Å²) >= 11 is 0. The maximum absolute atomic E-state index is 13.1. The van der Waals surface area contributed by atoms with E-state index in [2.05, 4.69) is 0 Å². The summed E-state index contributed by atoms with van der Waals surface area (Å²) in [4.78, 5) is 37.7. The Kier molecular flexibility index (Phi) is 6.38. The van der Waals surface area contributed by atoms with E-state index in [4.69, 9.17) is 10.5 Å². The van der Waals surface area contributed by atoms with Crippen LogP contribution >= 0.6 is 0 Å². The van der Waals surface area contributed by atoms with Gasteiger partial charge < -0.3 is 20.5 Å². The van der Waals surface area contributed by atoms with Gasteiger partial charge in [0.05, 0.1) is 5.92 Å². The van der Waals surface area contributed by atoms with Crippen LogP contribution in [0.15, 0.2) is 0 Å². The Morgan fingerprint density at radius 3 is 2.11 bits per heavy atom. The van der Waals surface area contributed by atoms with Gasteiger partial charge in [0.1, 0.15) is 6.10 Å². The first-order valence-corrected chi connectivity index (χ1v) is 10.4. The fraction of sp³-hybridized carbons (Fsp3) is 0.812. The minimum atomic E-state index is -3.57. The number of nitrogens with two attached hydrogens (primary N) is 1. The number of primary amides is 1. The number of amides is 2. The van der Waals surface area contributed by atoms with Gasteiger partial charge >= 0.3 is 5.97 Å². The van der Waals surface area contributed by atoms with E-state index < -0.39 is 39.7 Å². The van der Waals surface area contributed by atoms with Gasteiger partial charge in [-0.15, -0.1) is 0 Å². The number of carbonyl (C=O) groups excluding carboxylic acids is 2. The molecule has 0 aromatic carbocycles. The lowest BCUT2D eigenvalue weighted by atomic mass is 9.86. The zero-order valence-electron chi connectivity index (χ0n) is 16.5. The zero-order chi connectivity index (χ0) is 21.4. The second-order valence-electron chi connectivity index (χ2n) is 7.69. The van der Waals surface area contributed by atoms with Gasteiger partial charge in [0.15, 0.2) is 0 Å². The highest BCUT2D eigenvalue weighted by Gasteiger charge is 2.72. The standard InChI is InChI=1S/C16H28N4O7S/c1-10(2)9-11(12-16(27-12,14(17)22)15(23)24)13(21)19-5-7-20(8-6-19)28(25,26)18(3)4/h10-12H,5-9H2,1-4H3,(H2,17,22)(H,23,24)/t11-,12?,16?/m0/s1. The van der Waals surface area contributed by atoms with Crippen molar-refractivity contribution in [1.29, 1.82) is 0 Å². The molecule has 3 N–H and O–H groups in total. The van der Waals surface area contributed by atoms with Crippen molar-refractivity contribution in [3.05, 3.63) is 0 Å². The van der Waals surface area contributed by atoms with Crippen molar-refractivity contribution in [2.45, 2.75) is 32.0 Å². The maximum Gasteiger partial charge on any atom is 0.348 e. The normalized spacial score (nSPS) is 27.1. The van der Waals surface area contributed by atoms with Crippen molar-refractivity contribution >= 4 is 28.0 Å². The summed E-state index contributed by atoms with van der Waals surface area (Å²) < 4.78 is 32.0.